The number of carboxylic acid groups (broad SMARTS) is 1. The normalized spacial score (nSPS) is 11.6. The molecular formula is C14H20O2. The van der Waals surface area contributed by atoms with Crippen molar-refractivity contribution in [2.75, 3.05) is 0 Å². The monoisotopic (exact) mass is 220 g/mol. The molecule has 0 heterocycles. The minimum absolute atomic E-state index is 0.108. The maximum atomic E-state index is 10.8. The van der Waals surface area contributed by atoms with Crippen molar-refractivity contribution in [2.24, 2.45) is 0 Å². The van der Waals surface area contributed by atoms with Crippen molar-refractivity contribution in [1.82, 2.24) is 0 Å². The standard InChI is InChI=1S/C14H20O2/c1-9-6-11(14(3,4)5)7-10(2)12(9)8-13(15)16/h6-7H,8H2,1-5H3,(H,15,16). The Kier molecular flexibility index (Phi) is 3.41. The largest absolute Gasteiger partial charge is 0.481 e. The Morgan fingerprint density at radius 3 is 1.94 bits per heavy atom. The Morgan fingerprint density at radius 2 is 1.62 bits per heavy atom. The molecule has 0 aliphatic rings. The van der Waals surface area contributed by atoms with E-state index in [-0.39, 0.29) is 11.8 Å². The fraction of sp³-hybridized carbons (Fsp3) is 0.500. The predicted molar refractivity (Wildman–Crippen MR) is 66.0 cm³/mol. The van der Waals surface area contributed by atoms with Gasteiger partial charge in [-0.2, -0.15) is 0 Å². The fourth-order valence-corrected chi connectivity index (χ4v) is 1.86. The Hall–Kier alpha value is -1.31. The third kappa shape index (κ3) is 2.84. The first-order valence-corrected chi connectivity index (χ1v) is 5.54. The van der Waals surface area contributed by atoms with E-state index in [0.29, 0.717) is 0 Å². The molecule has 0 spiro atoms. The zero-order valence-electron chi connectivity index (χ0n) is 10.7. The molecule has 0 aliphatic carbocycles. The van der Waals surface area contributed by atoms with Crippen molar-refractivity contribution in [3.05, 3.63) is 34.4 Å². The summed E-state index contributed by atoms with van der Waals surface area (Å²) in [4.78, 5) is 10.8. The van der Waals surface area contributed by atoms with E-state index in [1.54, 1.807) is 0 Å². The topological polar surface area (TPSA) is 37.3 Å². The summed E-state index contributed by atoms with van der Waals surface area (Å²) in [5, 5.41) is 8.84. The van der Waals surface area contributed by atoms with Gasteiger partial charge in [-0.15, -0.1) is 0 Å². The highest BCUT2D eigenvalue weighted by Gasteiger charge is 2.17. The number of hydrogen-bond acceptors (Lipinski definition) is 1. The zero-order valence-corrected chi connectivity index (χ0v) is 10.7. The Morgan fingerprint density at radius 1 is 1.19 bits per heavy atom. The van der Waals surface area contributed by atoms with E-state index < -0.39 is 5.97 Å². The van der Waals surface area contributed by atoms with Crippen molar-refractivity contribution in [1.29, 1.82) is 0 Å². The van der Waals surface area contributed by atoms with Crippen LogP contribution in [0.5, 0.6) is 0 Å². The lowest BCUT2D eigenvalue weighted by atomic mass is 9.83. The molecule has 0 amide bonds. The summed E-state index contributed by atoms with van der Waals surface area (Å²) in [5.41, 5.74) is 4.47. The van der Waals surface area contributed by atoms with E-state index in [0.717, 1.165) is 16.7 Å². The Labute approximate surface area is 97.3 Å². The molecule has 2 heteroatoms. The molecule has 0 saturated carbocycles. The number of benzene rings is 1. The second kappa shape index (κ2) is 4.28. The zero-order chi connectivity index (χ0) is 12.5. The summed E-state index contributed by atoms with van der Waals surface area (Å²) in [6.07, 6.45) is 0.113. The molecule has 0 bridgehead atoms. The van der Waals surface area contributed by atoms with Gasteiger partial charge in [-0.25, -0.2) is 0 Å². The molecular weight excluding hydrogens is 200 g/mol. The van der Waals surface area contributed by atoms with Crippen LogP contribution >= 0.6 is 0 Å². The molecule has 1 N–H and O–H groups in total. The van der Waals surface area contributed by atoms with Gasteiger partial charge in [0.15, 0.2) is 0 Å². The quantitative estimate of drug-likeness (QED) is 0.830. The molecule has 16 heavy (non-hydrogen) atoms. The number of carbonyl (C=O) groups is 1. The van der Waals surface area contributed by atoms with Gasteiger partial charge in [0.1, 0.15) is 0 Å². The van der Waals surface area contributed by atoms with Crippen LogP contribution in [0, 0.1) is 13.8 Å². The lowest BCUT2D eigenvalue weighted by Crippen LogP contribution is -2.13. The van der Waals surface area contributed by atoms with E-state index in [4.69, 9.17) is 5.11 Å². The molecule has 1 aromatic carbocycles. The highest BCUT2D eigenvalue weighted by molar-refractivity contribution is 5.71. The number of aryl methyl sites for hydroxylation is 2. The van der Waals surface area contributed by atoms with Gasteiger partial charge in [-0.3, -0.25) is 4.79 Å². The van der Waals surface area contributed by atoms with Crippen molar-refractivity contribution in [3.8, 4) is 0 Å². The van der Waals surface area contributed by atoms with E-state index in [1.807, 2.05) is 13.8 Å². The molecule has 0 saturated heterocycles. The number of rotatable bonds is 2. The van der Waals surface area contributed by atoms with Gasteiger partial charge in [-0.1, -0.05) is 32.9 Å². The highest BCUT2D eigenvalue weighted by atomic mass is 16.4. The van der Waals surface area contributed by atoms with E-state index >= 15 is 0 Å². The number of carboxylic acids is 1. The molecule has 0 unspecified atom stereocenters. The molecule has 0 fully saturated rings. The fourth-order valence-electron chi connectivity index (χ4n) is 1.86. The summed E-state index contributed by atoms with van der Waals surface area (Å²) in [6, 6.07) is 4.20. The summed E-state index contributed by atoms with van der Waals surface area (Å²) in [5.74, 6) is -0.769. The van der Waals surface area contributed by atoms with Crippen LogP contribution in [0.1, 0.15) is 43.0 Å². The molecule has 0 aromatic heterocycles. The first kappa shape index (κ1) is 12.8. The van der Waals surface area contributed by atoms with Crippen LogP contribution in [0.25, 0.3) is 0 Å². The lowest BCUT2D eigenvalue weighted by molar-refractivity contribution is -0.136. The van der Waals surface area contributed by atoms with E-state index in [1.165, 1.54) is 5.56 Å². The van der Waals surface area contributed by atoms with Crippen molar-refractivity contribution >= 4 is 5.97 Å². The molecule has 88 valence electrons. The van der Waals surface area contributed by atoms with Crippen LogP contribution in [-0.4, -0.2) is 11.1 Å². The van der Waals surface area contributed by atoms with Crippen molar-refractivity contribution in [2.45, 2.75) is 46.5 Å². The Balaban J connectivity index is 3.23. The van der Waals surface area contributed by atoms with Gasteiger partial charge < -0.3 is 5.11 Å². The summed E-state index contributed by atoms with van der Waals surface area (Å²) >= 11 is 0. The molecule has 2 nitrogen and oxygen atoms in total. The second-order valence-electron chi connectivity index (χ2n) is 5.41. The highest BCUT2D eigenvalue weighted by Crippen LogP contribution is 2.27. The third-order valence-electron chi connectivity index (χ3n) is 2.89. The smallest absolute Gasteiger partial charge is 0.307 e. The second-order valence-corrected chi connectivity index (χ2v) is 5.41. The lowest BCUT2D eigenvalue weighted by Gasteiger charge is -2.22. The molecule has 1 rings (SSSR count). The maximum Gasteiger partial charge on any atom is 0.307 e. The van der Waals surface area contributed by atoms with Crippen molar-refractivity contribution in [3.63, 3.8) is 0 Å². The Bertz CT molecular complexity index is 388. The van der Waals surface area contributed by atoms with Gasteiger partial charge in [0.2, 0.25) is 0 Å². The van der Waals surface area contributed by atoms with Gasteiger partial charge in [0.05, 0.1) is 6.42 Å². The molecule has 0 atom stereocenters. The van der Waals surface area contributed by atoms with Gasteiger partial charge in [0, 0.05) is 0 Å². The number of hydrogen-bond donors (Lipinski definition) is 1. The average Bonchev–Trinajstić information content (AvgIpc) is 2.09. The van der Waals surface area contributed by atoms with Gasteiger partial charge in [-0.05, 0) is 41.5 Å². The van der Waals surface area contributed by atoms with E-state index in [9.17, 15) is 4.79 Å². The van der Waals surface area contributed by atoms with Crippen LogP contribution in [0.4, 0.5) is 0 Å². The molecule has 0 aliphatic heterocycles. The summed E-state index contributed by atoms with van der Waals surface area (Å²) in [7, 11) is 0. The van der Waals surface area contributed by atoms with Crippen LogP contribution < -0.4 is 0 Å². The average molecular weight is 220 g/mol. The van der Waals surface area contributed by atoms with Crippen molar-refractivity contribution < 1.29 is 9.90 Å². The van der Waals surface area contributed by atoms with Crippen LogP contribution in [0.3, 0.4) is 0 Å². The molecule has 1 aromatic rings. The van der Waals surface area contributed by atoms with Crippen LogP contribution in [0.2, 0.25) is 0 Å². The van der Waals surface area contributed by atoms with Gasteiger partial charge in [0.25, 0.3) is 0 Å². The minimum atomic E-state index is -0.769. The van der Waals surface area contributed by atoms with Crippen LogP contribution in [0.15, 0.2) is 12.1 Å². The predicted octanol–water partition coefficient (Wildman–Crippen LogP) is 3.23. The van der Waals surface area contributed by atoms with E-state index in [2.05, 4.69) is 32.9 Å². The SMILES string of the molecule is Cc1cc(C(C)(C)C)cc(C)c1CC(=O)O. The first-order chi connectivity index (χ1) is 7.21. The first-order valence-electron chi connectivity index (χ1n) is 5.54. The summed E-state index contributed by atoms with van der Waals surface area (Å²) < 4.78 is 0. The summed E-state index contributed by atoms with van der Waals surface area (Å²) in [6.45, 7) is 10.5. The van der Waals surface area contributed by atoms with Gasteiger partial charge >= 0.3 is 5.97 Å². The minimum Gasteiger partial charge on any atom is -0.481 e. The van der Waals surface area contributed by atoms with Crippen LogP contribution in [-0.2, 0) is 16.6 Å². The maximum absolute atomic E-state index is 10.8. The third-order valence-corrected chi connectivity index (χ3v) is 2.89. The number of aliphatic carboxylic acids is 1. The molecule has 0 radical (unpaired) electrons.